The van der Waals surface area contributed by atoms with Crippen LogP contribution in [-0.2, 0) is 0 Å². The number of nitrogens with one attached hydrogen (secondary N) is 1. The van der Waals surface area contributed by atoms with Crippen LogP contribution >= 0.6 is 39.9 Å². The van der Waals surface area contributed by atoms with Crippen molar-refractivity contribution >= 4 is 61.5 Å². The van der Waals surface area contributed by atoms with Gasteiger partial charge in [0.15, 0.2) is 5.13 Å². The molecule has 1 aromatic heterocycles. The van der Waals surface area contributed by atoms with Crippen molar-refractivity contribution in [2.45, 2.75) is 0 Å². The molecule has 0 bridgehead atoms. The first-order valence-corrected chi connectivity index (χ1v) is 9.57. The summed E-state index contributed by atoms with van der Waals surface area (Å²) < 4.78 is 10.7. The molecule has 0 aliphatic heterocycles. The van der Waals surface area contributed by atoms with Gasteiger partial charge < -0.3 is 14.8 Å². The van der Waals surface area contributed by atoms with E-state index in [0.717, 1.165) is 22.1 Å². The molecule has 1 N–H and O–H groups in total. The number of anilines is 2. The second kappa shape index (κ2) is 8.82. The smallest absolute Gasteiger partial charge is 0.187 e. The average molecular weight is 478 g/mol. The lowest BCUT2D eigenvalue weighted by Gasteiger charge is -2.12. The summed E-state index contributed by atoms with van der Waals surface area (Å²) in [5.74, 6) is 1.20. The molecule has 1 heterocycles. The van der Waals surface area contributed by atoms with Gasteiger partial charge in [-0.1, -0.05) is 48.0 Å². The molecule has 7 heteroatoms. The monoisotopic (exact) mass is 476 g/mol. The molecule has 0 amide bonds. The van der Waals surface area contributed by atoms with Crippen molar-refractivity contribution < 1.29 is 9.47 Å². The molecule has 0 saturated carbocycles. The number of methoxy groups -OCH3 is 2. The van der Waals surface area contributed by atoms with Crippen molar-refractivity contribution in [1.82, 2.24) is 4.98 Å². The maximum Gasteiger partial charge on any atom is 0.187 e. The van der Waals surface area contributed by atoms with Crippen LogP contribution in [0.15, 0.2) is 60.0 Å². The van der Waals surface area contributed by atoms with E-state index in [-0.39, 0.29) is 17.0 Å². The molecular formula is C21H18BrClN2O2S. The highest BCUT2D eigenvalue weighted by Crippen LogP contribution is 2.38. The number of rotatable bonds is 5. The Bertz CT molecular complexity index is 1120. The Morgan fingerprint density at radius 1 is 0.929 bits per heavy atom. The van der Waals surface area contributed by atoms with E-state index in [4.69, 9.17) is 26.1 Å². The highest BCUT2D eigenvalue weighted by molar-refractivity contribution is 8.93. The lowest BCUT2D eigenvalue weighted by atomic mass is 10.1. The van der Waals surface area contributed by atoms with E-state index in [0.29, 0.717) is 16.5 Å². The summed E-state index contributed by atoms with van der Waals surface area (Å²) in [7, 11) is 3.18. The zero-order valence-electron chi connectivity index (χ0n) is 15.2. The van der Waals surface area contributed by atoms with E-state index >= 15 is 0 Å². The summed E-state index contributed by atoms with van der Waals surface area (Å²) in [6.45, 7) is 0. The van der Waals surface area contributed by atoms with E-state index in [1.807, 2.05) is 17.5 Å². The molecule has 3 aromatic carbocycles. The van der Waals surface area contributed by atoms with Gasteiger partial charge in [0.05, 0.1) is 30.6 Å². The maximum absolute atomic E-state index is 6.17. The number of nitrogens with zero attached hydrogens (tertiary/aromatic N) is 1. The summed E-state index contributed by atoms with van der Waals surface area (Å²) in [6, 6.07) is 18.2. The van der Waals surface area contributed by atoms with Gasteiger partial charge in [0.2, 0.25) is 0 Å². The van der Waals surface area contributed by atoms with E-state index in [1.54, 1.807) is 26.4 Å². The van der Waals surface area contributed by atoms with Crippen LogP contribution < -0.4 is 14.8 Å². The lowest BCUT2D eigenvalue weighted by Crippen LogP contribution is -1.96. The molecule has 0 aliphatic rings. The molecule has 0 radical (unpaired) electrons. The van der Waals surface area contributed by atoms with Crippen molar-refractivity contribution in [2.24, 2.45) is 0 Å². The van der Waals surface area contributed by atoms with Gasteiger partial charge in [0, 0.05) is 23.1 Å². The molecule has 4 rings (SSSR count). The van der Waals surface area contributed by atoms with Gasteiger partial charge >= 0.3 is 0 Å². The third-order valence-corrected chi connectivity index (χ3v) is 5.32. The number of benzene rings is 3. The molecule has 0 spiro atoms. The summed E-state index contributed by atoms with van der Waals surface area (Å²) >= 11 is 7.70. The minimum atomic E-state index is 0. The normalized spacial score (nSPS) is 10.4. The zero-order valence-corrected chi connectivity index (χ0v) is 18.5. The van der Waals surface area contributed by atoms with Gasteiger partial charge in [-0.25, -0.2) is 4.98 Å². The largest absolute Gasteiger partial charge is 0.495 e. The van der Waals surface area contributed by atoms with Crippen LogP contribution in [0.5, 0.6) is 11.5 Å². The minimum absolute atomic E-state index is 0. The van der Waals surface area contributed by atoms with Gasteiger partial charge in [0.25, 0.3) is 0 Å². The Hall–Kier alpha value is -2.28. The van der Waals surface area contributed by atoms with E-state index in [9.17, 15) is 0 Å². The molecule has 0 saturated heterocycles. The minimum Gasteiger partial charge on any atom is -0.495 e. The highest BCUT2D eigenvalue weighted by Gasteiger charge is 2.12. The van der Waals surface area contributed by atoms with Gasteiger partial charge in [0.1, 0.15) is 11.5 Å². The Balaban J connectivity index is 0.00000225. The fourth-order valence-electron chi connectivity index (χ4n) is 2.89. The molecular weight excluding hydrogens is 460 g/mol. The fourth-order valence-corrected chi connectivity index (χ4v) is 3.85. The van der Waals surface area contributed by atoms with Gasteiger partial charge in [-0.15, -0.1) is 28.3 Å². The molecule has 0 unspecified atom stereocenters. The molecule has 4 nitrogen and oxygen atoms in total. The van der Waals surface area contributed by atoms with Crippen LogP contribution in [0.3, 0.4) is 0 Å². The van der Waals surface area contributed by atoms with Crippen molar-refractivity contribution in [3.8, 4) is 22.8 Å². The number of ether oxygens (including phenoxy) is 2. The highest BCUT2D eigenvalue weighted by atomic mass is 79.9. The first-order chi connectivity index (χ1) is 13.2. The summed E-state index contributed by atoms with van der Waals surface area (Å²) in [4.78, 5) is 4.71. The molecule has 0 aliphatic carbocycles. The van der Waals surface area contributed by atoms with E-state index < -0.39 is 0 Å². The number of halogens is 2. The predicted molar refractivity (Wildman–Crippen MR) is 123 cm³/mol. The first kappa shape index (κ1) is 20.5. The maximum atomic E-state index is 6.17. The number of fused-ring (bicyclic) bond motifs is 1. The van der Waals surface area contributed by atoms with Crippen LogP contribution in [0.4, 0.5) is 10.8 Å². The van der Waals surface area contributed by atoms with E-state index in [1.165, 1.54) is 22.1 Å². The molecule has 28 heavy (non-hydrogen) atoms. The topological polar surface area (TPSA) is 43.4 Å². The number of hydrogen-bond acceptors (Lipinski definition) is 5. The Morgan fingerprint density at radius 2 is 1.68 bits per heavy atom. The quantitative estimate of drug-likeness (QED) is 0.337. The third-order valence-electron chi connectivity index (χ3n) is 4.26. The molecule has 4 aromatic rings. The number of thiazole rings is 1. The van der Waals surface area contributed by atoms with Crippen LogP contribution in [0, 0.1) is 0 Å². The number of hydrogen-bond donors (Lipinski definition) is 1. The van der Waals surface area contributed by atoms with Crippen molar-refractivity contribution in [3.63, 3.8) is 0 Å². The van der Waals surface area contributed by atoms with E-state index in [2.05, 4.69) is 35.6 Å². The van der Waals surface area contributed by atoms with Gasteiger partial charge in [-0.2, -0.15) is 0 Å². The van der Waals surface area contributed by atoms with Crippen LogP contribution in [0.2, 0.25) is 5.02 Å². The van der Waals surface area contributed by atoms with Gasteiger partial charge in [-0.05, 0) is 16.8 Å². The van der Waals surface area contributed by atoms with Crippen molar-refractivity contribution in [1.29, 1.82) is 0 Å². The summed E-state index contributed by atoms with van der Waals surface area (Å²) in [6.07, 6.45) is 0. The Morgan fingerprint density at radius 3 is 2.43 bits per heavy atom. The Labute approximate surface area is 182 Å². The second-order valence-electron chi connectivity index (χ2n) is 5.91. The first-order valence-electron chi connectivity index (χ1n) is 8.31. The second-order valence-corrected chi connectivity index (χ2v) is 7.18. The van der Waals surface area contributed by atoms with Crippen LogP contribution in [0.25, 0.3) is 22.0 Å². The third kappa shape index (κ3) is 4.09. The SMILES string of the molecule is Br.COc1cc(Nc2nc(-c3ccc4ccccc4c3)cs2)c(OC)cc1Cl. The van der Waals surface area contributed by atoms with Crippen molar-refractivity contribution in [3.05, 3.63) is 65.0 Å². The molecule has 0 fully saturated rings. The standard InChI is InChI=1S/C21H17ClN2O2S.BrH/c1-25-19-11-17(20(26-2)10-16(19)22)23-21-24-18(12-27-21)15-8-7-13-5-3-4-6-14(13)9-15;/h3-12H,1-2H3,(H,23,24);1H. The van der Waals surface area contributed by atoms with Crippen molar-refractivity contribution in [2.75, 3.05) is 19.5 Å². The van der Waals surface area contributed by atoms with Crippen LogP contribution in [-0.4, -0.2) is 19.2 Å². The Kier molecular flexibility index (Phi) is 6.44. The summed E-state index contributed by atoms with van der Waals surface area (Å²) in [5, 5.41) is 9.00. The summed E-state index contributed by atoms with van der Waals surface area (Å²) in [5.41, 5.74) is 2.75. The molecule has 144 valence electrons. The zero-order chi connectivity index (χ0) is 18.8. The average Bonchev–Trinajstić information content (AvgIpc) is 3.17. The van der Waals surface area contributed by atoms with Gasteiger partial charge in [-0.3, -0.25) is 0 Å². The number of aromatic nitrogens is 1. The predicted octanol–water partition coefficient (Wildman–Crippen LogP) is 6.96. The fraction of sp³-hybridized carbons (Fsp3) is 0.0952. The van der Waals surface area contributed by atoms with Crippen LogP contribution in [0.1, 0.15) is 0 Å². The molecule has 0 atom stereocenters. The lowest BCUT2D eigenvalue weighted by molar-refractivity contribution is 0.405.